The van der Waals surface area contributed by atoms with E-state index in [-0.39, 0.29) is 18.5 Å². The van der Waals surface area contributed by atoms with Gasteiger partial charge in [0.15, 0.2) is 11.5 Å². The molecule has 5 nitrogen and oxygen atoms in total. The first kappa shape index (κ1) is 21.3. The van der Waals surface area contributed by atoms with Gasteiger partial charge in [0.25, 0.3) is 5.91 Å². The Morgan fingerprint density at radius 2 is 1.67 bits per heavy atom. The van der Waals surface area contributed by atoms with Crippen molar-refractivity contribution >= 4 is 11.7 Å². The zero-order valence-corrected chi connectivity index (χ0v) is 19.2. The van der Waals surface area contributed by atoms with E-state index in [4.69, 9.17) is 9.47 Å². The highest BCUT2D eigenvalue weighted by atomic mass is 16.7. The van der Waals surface area contributed by atoms with Gasteiger partial charge in [0.1, 0.15) is 5.78 Å². The Bertz CT molecular complexity index is 1260. The fourth-order valence-corrected chi connectivity index (χ4v) is 4.52. The third-order valence-corrected chi connectivity index (χ3v) is 6.76. The normalized spacial score (nSPS) is 15.2. The fraction of sp³-hybridized carbons (Fsp3) is 0.286. The van der Waals surface area contributed by atoms with Crippen LogP contribution in [0.3, 0.4) is 0 Å². The number of carbonyl (C=O) groups is 2. The maximum Gasteiger partial charge on any atom is 0.253 e. The Morgan fingerprint density at radius 1 is 0.909 bits per heavy atom. The highest BCUT2D eigenvalue weighted by Crippen LogP contribution is 2.51. The van der Waals surface area contributed by atoms with Crippen LogP contribution in [-0.2, 0) is 16.6 Å². The van der Waals surface area contributed by atoms with Crippen molar-refractivity contribution < 1.29 is 19.1 Å². The number of benzene rings is 3. The molecule has 168 valence electrons. The second-order valence-corrected chi connectivity index (χ2v) is 9.17. The third kappa shape index (κ3) is 3.88. The zero-order valence-electron chi connectivity index (χ0n) is 19.2. The topological polar surface area (TPSA) is 55.8 Å². The van der Waals surface area contributed by atoms with Crippen LogP contribution in [0, 0.1) is 6.92 Å². The van der Waals surface area contributed by atoms with E-state index in [0.29, 0.717) is 12.0 Å². The minimum absolute atomic E-state index is 0.0289. The third-order valence-electron chi connectivity index (χ3n) is 6.76. The van der Waals surface area contributed by atoms with Crippen molar-refractivity contribution in [2.24, 2.45) is 0 Å². The average molecular weight is 442 g/mol. The number of aryl methyl sites for hydroxylation is 1. The van der Waals surface area contributed by atoms with Gasteiger partial charge in [-0.3, -0.25) is 9.59 Å². The first-order valence-corrected chi connectivity index (χ1v) is 11.2. The van der Waals surface area contributed by atoms with Crippen LogP contribution in [0.4, 0.5) is 0 Å². The zero-order chi connectivity index (χ0) is 23.2. The number of hydrogen-bond acceptors (Lipinski definition) is 4. The predicted molar refractivity (Wildman–Crippen MR) is 127 cm³/mol. The molecule has 1 saturated carbocycles. The number of rotatable bonds is 6. The summed E-state index contributed by atoms with van der Waals surface area (Å²) >= 11 is 0. The average Bonchev–Trinajstić information content (AvgIpc) is 3.50. The minimum Gasteiger partial charge on any atom is -0.454 e. The molecule has 1 aliphatic heterocycles. The van der Waals surface area contributed by atoms with Gasteiger partial charge < -0.3 is 14.4 Å². The summed E-state index contributed by atoms with van der Waals surface area (Å²) in [7, 11) is 3.50. The lowest BCUT2D eigenvalue weighted by molar-refractivity contribution is -0.120. The van der Waals surface area contributed by atoms with Gasteiger partial charge in [-0.15, -0.1) is 0 Å². The number of ketones is 1. The molecule has 5 rings (SSSR count). The SMILES string of the molecule is Cc1ccc(-c2cccc(C(=O)N(C)C)c2)cc1CC(=O)C1(c2ccc3c(c2)OCO3)CC1. The van der Waals surface area contributed by atoms with E-state index in [0.717, 1.165) is 52.2 Å². The van der Waals surface area contributed by atoms with Gasteiger partial charge in [0.05, 0.1) is 5.41 Å². The molecule has 1 aliphatic carbocycles. The summed E-state index contributed by atoms with van der Waals surface area (Å²) in [4.78, 5) is 27.4. The summed E-state index contributed by atoms with van der Waals surface area (Å²) < 4.78 is 10.9. The molecule has 1 amide bonds. The molecular weight excluding hydrogens is 414 g/mol. The van der Waals surface area contributed by atoms with Crippen molar-refractivity contribution in [1.82, 2.24) is 4.90 Å². The molecule has 0 saturated heterocycles. The predicted octanol–water partition coefficient (Wildman–Crippen LogP) is 4.94. The standard InChI is InChI=1S/C28H27NO4/c1-18-7-8-20(19-5-4-6-21(13-19)27(31)29(2)3)14-22(18)15-26(30)28(11-12-28)23-9-10-24-25(16-23)33-17-32-24/h4-10,13-14,16H,11-12,15,17H2,1-3H3. The molecule has 0 aromatic heterocycles. The molecule has 2 aliphatic rings. The number of hydrogen-bond donors (Lipinski definition) is 0. The van der Waals surface area contributed by atoms with Crippen LogP contribution in [0.2, 0.25) is 0 Å². The molecule has 5 heteroatoms. The van der Waals surface area contributed by atoms with E-state index in [9.17, 15) is 9.59 Å². The van der Waals surface area contributed by atoms with Crippen molar-refractivity contribution in [3.8, 4) is 22.6 Å². The first-order chi connectivity index (χ1) is 15.9. The number of amides is 1. The molecule has 0 bridgehead atoms. The van der Waals surface area contributed by atoms with E-state index in [1.54, 1.807) is 19.0 Å². The second kappa shape index (κ2) is 8.07. The summed E-state index contributed by atoms with van der Waals surface area (Å²) in [5.74, 6) is 1.66. The van der Waals surface area contributed by atoms with E-state index in [1.807, 2.05) is 55.5 Å². The number of nitrogens with zero attached hydrogens (tertiary/aromatic N) is 1. The Hall–Kier alpha value is -3.60. The lowest BCUT2D eigenvalue weighted by Crippen LogP contribution is -2.23. The number of fused-ring (bicyclic) bond motifs is 1. The van der Waals surface area contributed by atoms with Gasteiger partial charge in [-0.2, -0.15) is 0 Å². The van der Waals surface area contributed by atoms with Crippen LogP contribution in [0.5, 0.6) is 11.5 Å². The van der Waals surface area contributed by atoms with Gasteiger partial charge >= 0.3 is 0 Å². The molecule has 1 heterocycles. The van der Waals surface area contributed by atoms with Crippen LogP contribution in [0.1, 0.15) is 39.9 Å². The molecular formula is C28H27NO4. The summed E-state index contributed by atoms with van der Waals surface area (Å²) in [5, 5.41) is 0. The van der Waals surface area contributed by atoms with Crippen molar-refractivity contribution in [1.29, 1.82) is 0 Å². The minimum atomic E-state index is -0.429. The number of carbonyl (C=O) groups excluding carboxylic acids is 2. The van der Waals surface area contributed by atoms with Gasteiger partial charge in [-0.25, -0.2) is 0 Å². The first-order valence-electron chi connectivity index (χ1n) is 11.2. The molecule has 3 aromatic carbocycles. The molecule has 0 spiro atoms. The summed E-state index contributed by atoms with van der Waals surface area (Å²) in [6.45, 7) is 2.27. The summed E-state index contributed by atoms with van der Waals surface area (Å²) in [6, 6.07) is 19.7. The van der Waals surface area contributed by atoms with Crippen LogP contribution in [0.25, 0.3) is 11.1 Å². The van der Waals surface area contributed by atoms with Gasteiger partial charge in [-0.1, -0.05) is 36.4 Å². The van der Waals surface area contributed by atoms with Crippen molar-refractivity contribution in [2.75, 3.05) is 20.9 Å². The van der Waals surface area contributed by atoms with Crippen LogP contribution in [-0.4, -0.2) is 37.5 Å². The summed E-state index contributed by atoms with van der Waals surface area (Å²) in [6.07, 6.45) is 2.10. The quantitative estimate of drug-likeness (QED) is 0.544. The molecule has 0 unspecified atom stereocenters. The Kier molecular flexibility index (Phi) is 5.20. The van der Waals surface area contributed by atoms with Gasteiger partial charge in [0.2, 0.25) is 6.79 Å². The van der Waals surface area contributed by atoms with Crippen molar-refractivity contribution in [2.45, 2.75) is 31.6 Å². The lowest BCUT2D eigenvalue weighted by atomic mass is 9.86. The largest absolute Gasteiger partial charge is 0.454 e. The lowest BCUT2D eigenvalue weighted by Gasteiger charge is -2.17. The maximum absolute atomic E-state index is 13.5. The molecule has 3 aromatic rings. The smallest absolute Gasteiger partial charge is 0.253 e. The van der Waals surface area contributed by atoms with E-state index >= 15 is 0 Å². The molecule has 0 N–H and O–H groups in total. The Balaban J connectivity index is 1.41. The van der Waals surface area contributed by atoms with E-state index in [1.165, 1.54) is 0 Å². The van der Waals surface area contributed by atoms with Crippen LogP contribution >= 0.6 is 0 Å². The maximum atomic E-state index is 13.5. The molecule has 1 fully saturated rings. The van der Waals surface area contributed by atoms with E-state index < -0.39 is 5.41 Å². The van der Waals surface area contributed by atoms with Crippen LogP contribution in [0.15, 0.2) is 60.7 Å². The Morgan fingerprint density at radius 3 is 2.42 bits per heavy atom. The van der Waals surface area contributed by atoms with Crippen molar-refractivity contribution in [3.63, 3.8) is 0 Å². The highest BCUT2D eigenvalue weighted by molar-refractivity contribution is 5.96. The Labute approximate surface area is 193 Å². The van der Waals surface area contributed by atoms with Gasteiger partial charge in [0, 0.05) is 26.1 Å². The van der Waals surface area contributed by atoms with Crippen molar-refractivity contribution in [3.05, 3.63) is 82.9 Å². The number of ether oxygens (including phenoxy) is 2. The molecule has 33 heavy (non-hydrogen) atoms. The molecule has 0 atom stereocenters. The second-order valence-electron chi connectivity index (χ2n) is 9.17. The van der Waals surface area contributed by atoms with Gasteiger partial charge in [-0.05, 0) is 71.8 Å². The monoisotopic (exact) mass is 441 g/mol. The highest BCUT2D eigenvalue weighted by Gasteiger charge is 2.50. The fourth-order valence-electron chi connectivity index (χ4n) is 4.52. The van der Waals surface area contributed by atoms with E-state index in [2.05, 4.69) is 12.1 Å². The summed E-state index contributed by atoms with van der Waals surface area (Å²) in [5.41, 5.74) is 5.32. The molecule has 0 radical (unpaired) electrons. The number of Topliss-reactive ketones (excluding diaryl/α,β-unsaturated/α-hetero) is 1. The van der Waals surface area contributed by atoms with Crippen LogP contribution < -0.4 is 9.47 Å².